The monoisotopic (exact) mass is 714 g/mol. The quantitative estimate of drug-likeness (QED) is 0.192. The first-order valence-electron chi connectivity index (χ1n) is 16.0. The van der Waals surface area contributed by atoms with Crippen molar-refractivity contribution in [1.82, 2.24) is 30.2 Å². The predicted octanol–water partition coefficient (Wildman–Crippen LogP) is 8.19. The summed E-state index contributed by atoms with van der Waals surface area (Å²) in [5.74, 6) is 1.80. The van der Waals surface area contributed by atoms with E-state index in [0.29, 0.717) is 6.54 Å². The molecule has 1 saturated heterocycles. The van der Waals surface area contributed by atoms with E-state index in [1.165, 1.54) is 0 Å². The molecule has 10 nitrogen and oxygen atoms in total. The summed E-state index contributed by atoms with van der Waals surface area (Å²) < 4.78 is 11.1. The maximum absolute atomic E-state index is 12.8. The first-order chi connectivity index (χ1) is 21.3. The molecule has 2 aliphatic rings. The van der Waals surface area contributed by atoms with E-state index in [9.17, 15) is 9.59 Å². The number of carbonyl (C=O) groups is 2. The van der Waals surface area contributed by atoms with Crippen LogP contribution < -0.4 is 5.32 Å². The Hall–Kier alpha value is -3.29. The number of carbonyl (C=O) groups excluding carboxylic acids is 2. The molecule has 13 heteroatoms. The van der Waals surface area contributed by atoms with Gasteiger partial charge in [0.25, 0.3) is 0 Å². The Morgan fingerprint density at radius 3 is 2.17 bits per heavy atom. The van der Waals surface area contributed by atoms with E-state index in [4.69, 9.17) is 19.4 Å². The van der Waals surface area contributed by atoms with E-state index < -0.39 is 11.2 Å². The van der Waals surface area contributed by atoms with Gasteiger partial charge in [-0.15, -0.1) is 0 Å². The molecule has 2 aromatic heterocycles. The first kappa shape index (κ1) is 39.2. The smallest absolute Gasteiger partial charge is 0.410 e. The third kappa shape index (κ3) is 9.03. The molecule has 2 fully saturated rings. The van der Waals surface area contributed by atoms with Crippen LogP contribution in [0.2, 0.25) is 0 Å². The van der Waals surface area contributed by atoms with Crippen LogP contribution in [0.25, 0.3) is 33.4 Å². The number of aromatic nitrogens is 4. The number of hydrogen-bond donors (Lipinski definition) is 3. The molecule has 0 radical (unpaired) electrons. The van der Waals surface area contributed by atoms with Crippen LogP contribution in [0, 0.1) is 0 Å². The van der Waals surface area contributed by atoms with Crippen molar-refractivity contribution in [3.63, 3.8) is 0 Å². The lowest BCUT2D eigenvalue weighted by atomic mass is 10.0. The van der Waals surface area contributed by atoms with E-state index in [1.807, 2.05) is 53.8 Å². The number of imidazole rings is 2. The van der Waals surface area contributed by atoms with Gasteiger partial charge in [-0.3, -0.25) is 4.90 Å². The van der Waals surface area contributed by atoms with Crippen LogP contribution >= 0.6 is 40.5 Å². The van der Waals surface area contributed by atoms with Gasteiger partial charge in [0, 0.05) is 18.5 Å². The number of hydrogen-bond acceptors (Lipinski definition) is 6. The summed E-state index contributed by atoms with van der Waals surface area (Å²) in [6.45, 7) is 11.9. The number of H-pyrrole nitrogens is 2. The number of nitrogens with zero attached hydrogens (tertiary/aromatic N) is 3. The van der Waals surface area contributed by atoms with Crippen molar-refractivity contribution in [1.29, 1.82) is 0 Å². The fraction of sp³-hybridized carbons (Fsp3) is 0.486. The van der Waals surface area contributed by atoms with Crippen LogP contribution in [0.3, 0.4) is 0 Å². The SMILES string of the molecule is CC(C)(C)OC(=O)N[C@H]1CCC[C@@H]1c1ncc(-c2ccc(-c3ccc4nc([C@@H]5CCCN5C(=O)OC(C)(C)C)[nH]c4c3)cc2)[nH]1.S.S.S. The molecule has 2 amide bonds. The highest BCUT2D eigenvalue weighted by Gasteiger charge is 2.35. The second-order valence-corrected chi connectivity index (χ2v) is 14.2. The van der Waals surface area contributed by atoms with Crippen LogP contribution in [0.15, 0.2) is 48.7 Å². The molecule has 1 aliphatic carbocycles. The zero-order valence-electron chi connectivity index (χ0n) is 28.6. The van der Waals surface area contributed by atoms with Gasteiger partial charge in [-0.1, -0.05) is 36.8 Å². The lowest BCUT2D eigenvalue weighted by Gasteiger charge is -2.27. The van der Waals surface area contributed by atoms with Gasteiger partial charge in [-0.25, -0.2) is 19.6 Å². The summed E-state index contributed by atoms with van der Waals surface area (Å²) in [6, 6.07) is 14.5. The van der Waals surface area contributed by atoms with Gasteiger partial charge in [0.1, 0.15) is 22.9 Å². The molecule has 262 valence electrons. The standard InChI is InChI=1S/C35H44N6O4.3H2S/c1-34(2,3)44-32(42)40-25-10-7-9-24(25)30-36-20-28(39-30)22-14-12-21(13-15-22)23-16-17-26-27(19-23)38-31(37-26)29-11-8-18-41(29)33(43)45-35(4,5)6;;;/h12-17,19-20,24-25,29H,7-11,18H2,1-6H3,(H,36,39)(H,37,38)(H,40,42);3*1H2/t24-,25-,29-;;;/m0.../s1. The van der Waals surface area contributed by atoms with E-state index in [0.717, 1.165) is 77.2 Å². The summed E-state index contributed by atoms with van der Waals surface area (Å²) >= 11 is 0. The van der Waals surface area contributed by atoms with Gasteiger partial charge in [0.15, 0.2) is 0 Å². The highest BCUT2D eigenvalue weighted by atomic mass is 32.1. The lowest BCUT2D eigenvalue weighted by molar-refractivity contribution is 0.0218. The Morgan fingerprint density at radius 1 is 0.812 bits per heavy atom. The Bertz CT molecular complexity index is 1690. The Labute approximate surface area is 303 Å². The summed E-state index contributed by atoms with van der Waals surface area (Å²) in [5.41, 5.74) is 4.89. The molecular formula is C35H50N6O4S3. The van der Waals surface area contributed by atoms with Gasteiger partial charge in [-0.05, 0) is 96.0 Å². The first-order valence-corrected chi connectivity index (χ1v) is 16.0. The van der Waals surface area contributed by atoms with Crippen molar-refractivity contribution < 1.29 is 19.1 Å². The number of nitrogens with one attached hydrogen (secondary N) is 3. The minimum absolute atomic E-state index is 0. The number of rotatable bonds is 5. The second kappa shape index (κ2) is 15.5. The van der Waals surface area contributed by atoms with E-state index in [-0.39, 0.29) is 70.7 Å². The highest BCUT2D eigenvalue weighted by molar-refractivity contribution is 7.59. The van der Waals surface area contributed by atoms with Gasteiger partial charge in [0.05, 0.1) is 29.0 Å². The number of alkyl carbamates (subject to hydrolysis) is 1. The number of amides is 2. The van der Waals surface area contributed by atoms with Crippen molar-refractivity contribution in [3.8, 4) is 22.4 Å². The average molecular weight is 715 g/mol. The Kier molecular flexibility index (Phi) is 12.6. The molecule has 1 aliphatic heterocycles. The largest absolute Gasteiger partial charge is 0.444 e. The normalized spacial score (nSPS) is 19.2. The van der Waals surface area contributed by atoms with Gasteiger partial charge in [-0.2, -0.15) is 40.5 Å². The number of benzene rings is 2. The zero-order chi connectivity index (χ0) is 31.9. The molecule has 0 unspecified atom stereocenters. The molecule has 3 N–H and O–H groups in total. The average Bonchev–Trinajstić information content (AvgIpc) is 3.76. The van der Waals surface area contributed by atoms with Crippen molar-refractivity contribution in [2.45, 2.75) is 103 Å². The van der Waals surface area contributed by atoms with Crippen LogP contribution in [-0.4, -0.2) is 60.8 Å². The fourth-order valence-electron chi connectivity index (χ4n) is 6.39. The lowest BCUT2D eigenvalue weighted by Crippen LogP contribution is -2.40. The Balaban J connectivity index is 0.00000208. The van der Waals surface area contributed by atoms with E-state index >= 15 is 0 Å². The summed E-state index contributed by atoms with van der Waals surface area (Å²) in [7, 11) is 0. The van der Waals surface area contributed by atoms with Gasteiger partial charge in [0.2, 0.25) is 0 Å². The maximum Gasteiger partial charge on any atom is 0.410 e. The molecule has 3 atom stereocenters. The van der Waals surface area contributed by atoms with Crippen molar-refractivity contribution in [2.75, 3.05) is 6.54 Å². The Morgan fingerprint density at radius 2 is 1.48 bits per heavy atom. The summed E-state index contributed by atoms with van der Waals surface area (Å²) in [6.07, 6.45) is 5.85. The highest BCUT2D eigenvalue weighted by Crippen LogP contribution is 2.36. The van der Waals surface area contributed by atoms with E-state index in [2.05, 4.69) is 51.7 Å². The van der Waals surface area contributed by atoms with Crippen molar-refractivity contribution >= 4 is 63.7 Å². The second-order valence-electron chi connectivity index (χ2n) is 14.2. The van der Waals surface area contributed by atoms with E-state index in [1.54, 1.807) is 4.90 Å². The molecule has 48 heavy (non-hydrogen) atoms. The topological polar surface area (TPSA) is 125 Å². The predicted molar refractivity (Wildman–Crippen MR) is 205 cm³/mol. The maximum atomic E-state index is 12.8. The van der Waals surface area contributed by atoms with Crippen molar-refractivity contribution in [3.05, 3.63) is 60.3 Å². The zero-order valence-corrected chi connectivity index (χ0v) is 31.6. The molecule has 0 spiro atoms. The number of aromatic amines is 2. The van der Waals surface area contributed by atoms with Crippen LogP contribution in [-0.2, 0) is 9.47 Å². The van der Waals surface area contributed by atoms with Crippen molar-refractivity contribution in [2.24, 2.45) is 0 Å². The number of ether oxygens (including phenoxy) is 2. The third-order valence-corrected chi connectivity index (χ3v) is 8.39. The summed E-state index contributed by atoms with van der Waals surface area (Å²) in [5, 5.41) is 3.05. The molecular weight excluding hydrogens is 665 g/mol. The molecule has 2 aromatic carbocycles. The number of likely N-dealkylation sites (tertiary alicyclic amines) is 1. The molecule has 1 saturated carbocycles. The molecule has 6 rings (SSSR count). The minimum Gasteiger partial charge on any atom is -0.444 e. The van der Waals surface area contributed by atoms with Gasteiger partial charge >= 0.3 is 12.2 Å². The molecule has 4 aromatic rings. The molecule has 3 heterocycles. The fourth-order valence-corrected chi connectivity index (χ4v) is 6.39. The summed E-state index contributed by atoms with van der Waals surface area (Å²) in [4.78, 5) is 43.5. The third-order valence-electron chi connectivity index (χ3n) is 8.39. The van der Waals surface area contributed by atoms with Crippen LogP contribution in [0.5, 0.6) is 0 Å². The van der Waals surface area contributed by atoms with Gasteiger partial charge < -0.3 is 24.8 Å². The minimum atomic E-state index is -0.540. The molecule has 0 bridgehead atoms. The number of fused-ring (bicyclic) bond motifs is 1. The van der Waals surface area contributed by atoms with Crippen LogP contribution in [0.4, 0.5) is 9.59 Å². The van der Waals surface area contributed by atoms with Crippen LogP contribution in [0.1, 0.15) is 97.3 Å².